The van der Waals surface area contributed by atoms with Crippen LogP contribution in [0.5, 0.6) is 11.5 Å². The highest BCUT2D eigenvalue weighted by Gasteiger charge is 2.15. The number of benzene rings is 1. The van der Waals surface area contributed by atoms with Gasteiger partial charge in [0.25, 0.3) is 0 Å². The predicted octanol–water partition coefficient (Wildman–Crippen LogP) is 3.53. The van der Waals surface area contributed by atoms with Crippen LogP contribution in [0.25, 0.3) is 0 Å². The van der Waals surface area contributed by atoms with Gasteiger partial charge in [-0.05, 0) is 46.3 Å². The van der Waals surface area contributed by atoms with Crippen LogP contribution in [0.15, 0.2) is 33.9 Å². The van der Waals surface area contributed by atoms with E-state index in [9.17, 15) is 0 Å². The summed E-state index contributed by atoms with van der Waals surface area (Å²) < 4.78 is 11.3. The van der Waals surface area contributed by atoms with Crippen molar-refractivity contribution in [3.05, 3.63) is 40.1 Å². The maximum Gasteiger partial charge on any atom is 0.162 e. The van der Waals surface area contributed by atoms with Gasteiger partial charge in [0.15, 0.2) is 11.5 Å². The van der Waals surface area contributed by atoms with Gasteiger partial charge in [-0.25, -0.2) is 0 Å². The molecule has 5 heteroatoms. The van der Waals surface area contributed by atoms with Crippen LogP contribution in [-0.4, -0.2) is 19.5 Å². The highest BCUT2D eigenvalue weighted by molar-refractivity contribution is 7.98. The van der Waals surface area contributed by atoms with E-state index in [0.717, 1.165) is 24.6 Å². The van der Waals surface area contributed by atoms with Crippen LogP contribution in [0, 0.1) is 0 Å². The number of thiophene rings is 1. The first kappa shape index (κ1) is 13.8. The quantitative estimate of drug-likeness (QED) is 0.856. The van der Waals surface area contributed by atoms with Crippen molar-refractivity contribution < 1.29 is 9.47 Å². The van der Waals surface area contributed by atoms with Crippen LogP contribution in [0.3, 0.4) is 0 Å². The van der Waals surface area contributed by atoms with Crippen LogP contribution >= 0.6 is 23.1 Å². The second kappa shape index (κ2) is 6.52. The Morgan fingerprint density at radius 1 is 1.20 bits per heavy atom. The van der Waals surface area contributed by atoms with Crippen molar-refractivity contribution in [2.75, 3.05) is 19.5 Å². The zero-order valence-electron chi connectivity index (χ0n) is 11.3. The van der Waals surface area contributed by atoms with Gasteiger partial charge in [-0.3, -0.25) is 0 Å². The van der Waals surface area contributed by atoms with E-state index in [-0.39, 0.29) is 0 Å². The normalized spacial score (nSPS) is 13.4. The van der Waals surface area contributed by atoms with Gasteiger partial charge in [-0.2, -0.15) is 11.3 Å². The minimum atomic E-state index is 0.632. The molecule has 0 saturated carbocycles. The Balaban J connectivity index is 1.71. The van der Waals surface area contributed by atoms with Gasteiger partial charge >= 0.3 is 0 Å². The van der Waals surface area contributed by atoms with Crippen molar-refractivity contribution in [2.45, 2.75) is 18.0 Å². The molecule has 106 valence electrons. The number of hydrogen-bond donors (Lipinski definition) is 1. The van der Waals surface area contributed by atoms with E-state index in [0.29, 0.717) is 13.2 Å². The third-order valence-electron chi connectivity index (χ3n) is 3.17. The second-order valence-electron chi connectivity index (χ2n) is 4.54. The summed E-state index contributed by atoms with van der Waals surface area (Å²) in [7, 11) is 0. The minimum Gasteiger partial charge on any atom is -0.486 e. The van der Waals surface area contributed by atoms with Crippen LogP contribution in [0.2, 0.25) is 0 Å². The summed E-state index contributed by atoms with van der Waals surface area (Å²) in [5, 5.41) is 7.76. The summed E-state index contributed by atoms with van der Waals surface area (Å²) in [6.07, 6.45) is 2.09. The van der Waals surface area contributed by atoms with Crippen LogP contribution < -0.4 is 14.8 Å². The second-order valence-corrected chi connectivity index (χ2v) is 6.17. The fourth-order valence-electron chi connectivity index (χ4n) is 2.18. The molecular formula is C15H17NO2S2. The van der Waals surface area contributed by atoms with Gasteiger partial charge in [-0.1, -0.05) is 0 Å². The van der Waals surface area contributed by atoms with Crippen molar-refractivity contribution in [2.24, 2.45) is 0 Å². The smallest absolute Gasteiger partial charge is 0.162 e. The van der Waals surface area contributed by atoms with Crippen molar-refractivity contribution in [3.8, 4) is 11.5 Å². The first-order valence-corrected chi connectivity index (χ1v) is 8.72. The summed E-state index contributed by atoms with van der Waals surface area (Å²) in [5.41, 5.74) is 2.59. The molecule has 0 unspecified atom stereocenters. The average molecular weight is 307 g/mol. The zero-order chi connectivity index (χ0) is 13.8. The van der Waals surface area contributed by atoms with Crippen LogP contribution in [0.1, 0.15) is 11.1 Å². The monoisotopic (exact) mass is 307 g/mol. The third kappa shape index (κ3) is 3.11. The van der Waals surface area contributed by atoms with Gasteiger partial charge < -0.3 is 14.8 Å². The summed E-state index contributed by atoms with van der Waals surface area (Å²) in [6, 6.07) is 6.33. The van der Waals surface area contributed by atoms with E-state index in [1.54, 1.807) is 23.1 Å². The Morgan fingerprint density at radius 3 is 2.70 bits per heavy atom. The zero-order valence-corrected chi connectivity index (χ0v) is 13.0. The van der Waals surface area contributed by atoms with E-state index >= 15 is 0 Å². The molecular weight excluding hydrogens is 290 g/mol. The molecule has 0 bridgehead atoms. The molecule has 1 aliphatic rings. The van der Waals surface area contributed by atoms with E-state index in [2.05, 4.69) is 40.5 Å². The summed E-state index contributed by atoms with van der Waals surface area (Å²) in [5.74, 6) is 1.73. The Labute approximate surface area is 127 Å². The van der Waals surface area contributed by atoms with E-state index in [4.69, 9.17) is 9.47 Å². The van der Waals surface area contributed by atoms with E-state index in [1.807, 2.05) is 0 Å². The van der Waals surface area contributed by atoms with Gasteiger partial charge in [0, 0.05) is 18.0 Å². The molecule has 1 aromatic heterocycles. The number of ether oxygens (including phenoxy) is 2. The minimum absolute atomic E-state index is 0.632. The number of fused-ring (bicyclic) bond motifs is 1. The lowest BCUT2D eigenvalue weighted by Gasteiger charge is -2.21. The van der Waals surface area contributed by atoms with Gasteiger partial charge in [-0.15, -0.1) is 11.8 Å². The van der Waals surface area contributed by atoms with E-state index in [1.165, 1.54) is 16.0 Å². The molecule has 1 N–H and O–H groups in total. The molecule has 0 atom stereocenters. The molecule has 0 spiro atoms. The third-order valence-corrected chi connectivity index (χ3v) is 4.72. The van der Waals surface area contributed by atoms with Crippen LogP contribution in [-0.2, 0) is 13.1 Å². The van der Waals surface area contributed by atoms with E-state index < -0.39 is 0 Å². The first-order chi connectivity index (χ1) is 9.86. The van der Waals surface area contributed by atoms with Gasteiger partial charge in [0.2, 0.25) is 0 Å². The number of thioether (sulfide) groups is 1. The van der Waals surface area contributed by atoms with Gasteiger partial charge in [0.1, 0.15) is 13.2 Å². The molecule has 3 nitrogen and oxygen atoms in total. The Bertz CT molecular complexity index is 570. The fraction of sp³-hybridized carbons (Fsp3) is 0.333. The maximum atomic E-state index is 5.66. The van der Waals surface area contributed by atoms with Crippen LogP contribution in [0.4, 0.5) is 0 Å². The summed E-state index contributed by atoms with van der Waals surface area (Å²) in [6.45, 7) is 3.00. The molecule has 0 radical (unpaired) electrons. The lowest BCUT2D eigenvalue weighted by molar-refractivity contribution is 0.171. The molecule has 1 aromatic carbocycles. The topological polar surface area (TPSA) is 30.5 Å². The SMILES string of the molecule is CSc1cc2c(cc1CNCc1ccsc1)OCCO2. The summed E-state index contributed by atoms with van der Waals surface area (Å²) >= 11 is 3.47. The highest BCUT2D eigenvalue weighted by atomic mass is 32.2. The molecule has 0 saturated heterocycles. The molecule has 20 heavy (non-hydrogen) atoms. The molecule has 0 fully saturated rings. The standard InChI is InChI=1S/C15H17NO2S2/c1-19-15-7-14-13(17-3-4-18-14)6-12(15)9-16-8-11-2-5-20-10-11/h2,5-7,10,16H,3-4,8-9H2,1H3. The van der Waals surface area contributed by atoms with Crippen molar-refractivity contribution in [1.29, 1.82) is 0 Å². The largest absolute Gasteiger partial charge is 0.486 e. The first-order valence-electron chi connectivity index (χ1n) is 6.55. The number of rotatable bonds is 5. The lowest BCUT2D eigenvalue weighted by Crippen LogP contribution is -2.17. The highest BCUT2D eigenvalue weighted by Crippen LogP contribution is 2.36. The fourth-order valence-corrected chi connectivity index (χ4v) is 3.46. The van der Waals surface area contributed by atoms with Crippen molar-refractivity contribution >= 4 is 23.1 Å². The summed E-state index contributed by atoms with van der Waals surface area (Å²) in [4.78, 5) is 1.24. The van der Waals surface area contributed by atoms with Crippen molar-refractivity contribution in [3.63, 3.8) is 0 Å². The molecule has 2 heterocycles. The molecule has 1 aliphatic heterocycles. The number of hydrogen-bond acceptors (Lipinski definition) is 5. The molecule has 2 aromatic rings. The average Bonchev–Trinajstić information content (AvgIpc) is 3.00. The van der Waals surface area contributed by atoms with Gasteiger partial charge in [0.05, 0.1) is 0 Å². The van der Waals surface area contributed by atoms with Crippen molar-refractivity contribution in [1.82, 2.24) is 5.32 Å². The molecule has 0 amide bonds. The predicted molar refractivity (Wildman–Crippen MR) is 84.1 cm³/mol. The lowest BCUT2D eigenvalue weighted by atomic mass is 10.2. The Hall–Kier alpha value is -1.17. The molecule has 0 aliphatic carbocycles. The Morgan fingerprint density at radius 2 is 2.00 bits per heavy atom. The molecule has 3 rings (SSSR count). The Kier molecular flexibility index (Phi) is 4.50. The maximum absolute atomic E-state index is 5.66. The number of nitrogens with one attached hydrogen (secondary N) is 1.